The maximum atomic E-state index is 14.0. The molecule has 1 N–H and O–H groups in total. The number of phenols is 1. The summed E-state index contributed by atoms with van der Waals surface area (Å²) >= 11 is 0. The topological polar surface area (TPSA) is 43.8 Å². The van der Waals surface area contributed by atoms with E-state index in [1.165, 1.54) is 49.1 Å². The highest BCUT2D eigenvalue weighted by atomic mass is 19.1. The van der Waals surface area contributed by atoms with Crippen molar-refractivity contribution in [1.82, 2.24) is 9.80 Å². The normalized spacial score (nSPS) is 38.8. The van der Waals surface area contributed by atoms with Gasteiger partial charge in [-0.1, -0.05) is 12.1 Å². The number of carbonyl (C=O) groups excluding carboxylic acids is 1. The summed E-state index contributed by atoms with van der Waals surface area (Å²) in [7, 11) is 0. The zero-order valence-corrected chi connectivity index (χ0v) is 20.1. The first-order chi connectivity index (χ1) is 17.0. The first-order valence-corrected chi connectivity index (χ1v) is 13.6. The van der Waals surface area contributed by atoms with Crippen molar-refractivity contribution < 1.29 is 14.3 Å². The van der Waals surface area contributed by atoms with Crippen molar-refractivity contribution in [2.24, 2.45) is 23.2 Å². The predicted octanol–water partition coefficient (Wildman–Crippen LogP) is 4.75. The summed E-state index contributed by atoms with van der Waals surface area (Å²) in [4.78, 5) is 18.6. The molecule has 4 aliphatic carbocycles. The van der Waals surface area contributed by atoms with Crippen LogP contribution >= 0.6 is 0 Å². The molecule has 4 bridgehead atoms. The fraction of sp³-hybridized carbons (Fsp3) is 0.567. The molecule has 8 rings (SSSR count). The quantitative estimate of drug-likeness (QED) is 0.701. The Bertz CT molecular complexity index is 1240. The summed E-state index contributed by atoms with van der Waals surface area (Å²) in [6, 6.07) is 13.1. The highest BCUT2D eigenvalue weighted by molar-refractivity contribution is 5.94. The van der Waals surface area contributed by atoms with Gasteiger partial charge in [0.25, 0.3) is 5.91 Å². The van der Waals surface area contributed by atoms with E-state index in [9.17, 15) is 14.3 Å². The van der Waals surface area contributed by atoms with E-state index in [0.717, 1.165) is 44.7 Å². The van der Waals surface area contributed by atoms with Crippen molar-refractivity contribution in [2.45, 2.75) is 62.4 Å². The van der Waals surface area contributed by atoms with E-state index in [4.69, 9.17) is 0 Å². The second kappa shape index (κ2) is 6.88. The van der Waals surface area contributed by atoms with Crippen molar-refractivity contribution in [3.63, 3.8) is 0 Å². The molecular formula is C30H33FN2O2. The Balaban J connectivity index is 1.24. The number of aromatic hydroxyl groups is 1. The van der Waals surface area contributed by atoms with Crippen molar-refractivity contribution in [2.75, 3.05) is 19.6 Å². The van der Waals surface area contributed by atoms with Gasteiger partial charge in [0.05, 0.1) is 0 Å². The lowest BCUT2D eigenvalue weighted by atomic mass is 9.43. The molecule has 6 atom stereocenters. The molecule has 2 aliphatic heterocycles. The Kier molecular flexibility index (Phi) is 4.08. The van der Waals surface area contributed by atoms with E-state index >= 15 is 0 Å². The minimum absolute atomic E-state index is 0.0116. The summed E-state index contributed by atoms with van der Waals surface area (Å²) in [5, 5.41) is 10.6. The lowest BCUT2D eigenvalue weighted by molar-refractivity contribution is -0.102. The largest absolute Gasteiger partial charge is 0.508 e. The minimum atomic E-state index is -0.348. The number of likely N-dealkylation sites (tertiary alicyclic amines) is 2. The highest BCUT2D eigenvalue weighted by Crippen LogP contribution is 2.75. The molecule has 1 amide bonds. The molecule has 5 heteroatoms. The first kappa shape index (κ1) is 20.8. The van der Waals surface area contributed by atoms with Crippen molar-refractivity contribution >= 4 is 5.91 Å². The van der Waals surface area contributed by atoms with E-state index in [2.05, 4.69) is 21.9 Å². The fourth-order valence-corrected chi connectivity index (χ4v) is 9.97. The number of amides is 1. The average molecular weight is 473 g/mol. The Morgan fingerprint density at radius 3 is 2.83 bits per heavy atom. The number of rotatable bonds is 3. The molecule has 0 aromatic heterocycles. The Labute approximate surface area is 206 Å². The summed E-state index contributed by atoms with van der Waals surface area (Å²) in [5.74, 6) is 1.81. The number of hydrogen-bond acceptors (Lipinski definition) is 3. The molecule has 3 saturated carbocycles. The molecule has 2 aromatic rings. The monoisotopic (exact) mass is 472 g/mol. The van der Waals surface area contributed by atoms with Crippen LogP contribution in [0.15, 0.2) is 42.5 Å². The number of phenolic OH excluding ortho intramolecular Hbond substituents is 1. The van der Waals surface area contributed by atoms with E-state index in [-0.39, 0.29) is 28.6 Å². The fourth-order valence-electron chi connectivity index (χ4n) is 9.97. The Hall–Kier alpha value is -2.40. The van der Waals surface area contributed by atoms with Gasteiger partial charge in [0.1, 0.15) is 11.6 Å². The SMILES string of the molecule is O=C(c1cccc(F)c1)N1C[C@H]2CC34CCC1C2C31CCN(CC2CC2)C4Cc2ccc(O)cc21. The molecule has 2 saturated heterocycles. The number of nitrogens with zero attached hydrogens (tertiary/aromatic N) is 2. The first-order valence-electron chi connectivity index (χ1n) is 13.6. The van der Waals surface area contributed by atoms with E-state index < -0.39 is 0 Å². The van der Waals surface area contributed by atoms with Crippen LogP contribution in [0, 0.1) is 29.0 Å². The van der Waals surface area contributed by atoms with Crippen LogP contribution in [0.4, 0.5) is 4.39 Å². The maximum Gasteiger partial charge on any atom is 0.254 e. The summed E-state index contributed by atoms with van der Waals surface area (Å²) in [5.41, 5.74) is 3.56. The van der Waals surface area contributed by atoms with Gasteiger partial charge in [-0.2, -0.15) is 0 Å². The van der Waals surface area contributed by atoms with Crippen LogP contribution in [-0.4, -0.2) is 52.5 Å². The number of carbonyl (C=O) groups is 1. The van der Waals surface area contributed by atoms with Gasteiger partial charge in [-0.15, -0.1) is 0 Å². The molecule has 2 heterocycles. The smallest absolute Gasteiger partial charge is 0.254 e. The van der Waals surface area contributed by atoms with Crippen LogP contribution in [-0.2, 0) is 11.8 Å². The van der Waals surface area contributed by atoms with Crippen LogP contribution in [0.5, 0.6) is 5.75 Å². The predicted molar refractivity (Wildman–Crippen MR) is 131 cm³/mol. The molecular weight excluding hydrogens is 439 g/mol. The standard InChI is InChI=1S/C30H33FN2O2/c31-22-3-1-2-20(12-22)28(35)33-17-21-15-29-9-8-25(33)27(21)30(29)10-11-32(16-18-4-5-18)26(29)13-19-6-7-23(34)14-24(19)30/h1-3,6-7,12,14,18,21,25-27,34H,4-5,8-11,13,15-17H2/t21-,25?,26?,27?,29?,30?/m1/s1. The van der Waals surface area contributed by atoms with Crippen LogP contribution in [0.25, 0.3) is 0 Å². The van der Waals surface area contributed by atoms with Gasteiger partial charge in [0.2, 0.25) is 0 Å². The van der Waals surface area contributed by atoms with Gasteiger partial charge in [0, 0.05) is 36.2 Å². The molecule has 2 aromatic carbocycles. The molecule has 35 heavy (non-hydrogen) atoms. The van der Waals surface area contributed by atoms with Crippen LogP contribution < -0.4 is 0 Å². The van der Waals surface area contributed by atoms with Crippen LogP contribution in [0.2, 0.25) is 0 Å². The zero-order chi connectivity index (χ0) is 23.5. The van der Waals surface area contributed by atoms with Gasteiger partial charge in [-0.25, -0.2) is 4.39 Å². The molecule has 0 spiro atoms. The van der Waals surface area contributed by atoms with Gasteiger partial charge >= 0.3 is 0 Å². The molecule has 5 unspecified atom stereocenters. The molecule has 4 nitrogen and oxygen atoms in total. The minimum Gasteiger partial charge on any atom is -0.508 e. The van der Waals surface area contributed by atoms with Crippen LogP contribution in [0.1, 0.15) is 60.0 Å². The average Bonchev–Trinajstić information content (AvgIpc) is 3.54. The second-order valence-electron chi connectivity index (χ2n) is 12.4. The highest BCUT2D eigenvalue weighted by Gasteiger charge is 2.76. The Morgan fingerprint density at radius 1 is 1.11 bits per heavy atom. The van der Waals surface area contributed by atoms with Crippen LogP contribution in [0.3, 0.4) is 0 Å². The molecule has 6 aliphatic rings. The van der Waals surface area contributed by atoms with Crippen molar-refractivity contribution in [3.8, 4) is 5.75 Å². The summed E-state index contributed by atoms with van der Waals surface area (Å²) in [6.07, 6.45) is 8.38. The maximum absolute atomic E-state index is 14.0. The number of hydrogen-bond donors (Lipinski definition) is 1. The lowest BCUT2D eigenvalue weighted by Crippen LogP contribution is -2.69. The number of fused-ring (bicyclic) bond motifs is 1. The van der Waals surface area contributed by atoms with E-state index in [1.807, 2.05) is 6.07 Å². The second-order valence-corrected chi connectivity index (χ2v) is 12.4. The summed E-state index contributed by atoms with van der Waals surface area (Å²) in [6.45, 7) is 3.17. The summed E-state index contributed by atoms with van der Waals surface area (Å²) < 4.78 is 14.0. The number of piperidine rings is 1. The third kappa shape index (κ3) is 2.58. The van der Waals surface area contributed by atoms with Crippen molar-refractivity contribution in [1.29, 1.82) is 0 Å². The molecule has 5 fully saturated rings. The number of halogens is 1. The molecule has 182 valence electrons. The van der Waals surface area contributed by atoms with E-state index in [1.54, 1.807) is 12.1 Å². The zero-order valence-electron chi connectivity index (χ0n) is 20.1. The van der Waals surface area contributed by atoms with E-state index in [0.29, 0.717) is 29.2 Å². The van der Waals surface area contributed by atoms with Gasteiger partial charge in [0.15, 0.2) is 0 Å². The number of benzene rings is 2. The van der Waals surface area contributed by atoms with Gasteiger partial charge in [-0.3, -0.25) is 9.69 Å². The molecule has 0 radical (unpaired) electrons. The van der Waals surface area contributed by atoms with Gasteiger partial charge < -0.3 is 10.0 Å². The van der Waals surface area contributed by atoms with Gasteiger partial charge in [-0.05, 0) is 116 Å². The van der Waals surface area contributed by atoms with Crippen molar-refractivity contribution in [3.05, 3.63) is 65.0 Å². The Morgan fingerprint density at radius 2 is 2.00 bits per heavy atom. The third-order valence-corrected chi connectivity index (χ3v) is 11.1. The lowest BCUT2D eigenvalue weighted by Gasteiger charge is -2.66. The third-order valence-electron chi connectivity index (χ3n) is 11.1.